The Labute approximate surface area is 122 Å². The van der Waals surface area contributed by atoms with E-state index in [1.54, 1.807) is 32.6 Å². The number of hydrogen-bond acceptors (Lipinski definition) is 5. The predicted molar refractivity (Wildman–Crippen MR) is 75.4 cm³/mol. The number of hydrogen-bond donors (Lipinski definition) is 2. The molecule has 0 saturated carbocycles. The lowest BCUT2D eigenvalue weighted by atomic mass is 10.1. The zero-order valence-electron chi connectivity index (χ0n) is 12.6. The second-order valence-corrected chi connectivity index (χ2v) is 5.29. The highest BCUT2D eigenvalue weighted by atomic mass is 19.4. The van der Waals surface area contributed by atoms with E-state index in [2.05, 4.69) is 15.3 Å². The highest BCUT2D eigenvalue weighted by molar-refractivity contribution is 5.45. The fraction of sp³-hybridized carbons (Fsp3) is 0.692. The smallest absolute Gasteiger partial charge is 0.389 e. The third-order valence-electron chi connectivity index (χ3n) is 2.62. The molecule has 1 heterocycles. The maximum atomic E-state index is 12.9. The fourth-order valence-electron chi connectivity index (χ4n) is 1.80. The summed E-state index contributed by atoms with van der Waals surface area (Å²) < 4.78 is 38.7. The molecule has 0 unspecified atom stereocenters. The molecule has 0 aliphatic rings. The van der Waals surface area contributed by atoms with Crippen LogP contribution in [0.25, 0.3) is 0 Å². The van der Waals surface area contributed by atoms with Crippen molar-refractivity contribution in [1.29, 1.82) is 0 Å². The van der Waals surface area contributed by atoms with Crippen molar-refractivity contribution >= 4 is 11.8 Å². The van der Waals surface area contributed by atoms with Crippen LogP contribution in [-0.2, 0) is 6.18 Å². The Kier molecular flexibility index (Phi) is 5.38. The zero-order chi connectivity index (χ0) is 16.3. The fourth-order valence-corrected chi connectivity index (χ4v) is 1.80. The molecule has 0 radical (unpaired) electrons. The van der Waals surface area contributed by atoms with Crippen LogP contribution in [0.5, 0.6) is 0 Å². The van der Waals surface area contributed by atoms with Crippen molar-refractivity contribution in [2.45, 2.75) is 39.5 Å². The van der Waals surface area contributed by atoms with Gasteiger partial charge in [-0.3, -0.25) is 0 Å². The number of halogens is 3. The minimum atomic E-state index is -4.55. The minimum absolute atomic E-state index is 0.0727. The SMILES string of the molecule is CCNc1nc(N(CC)CC(C)(C)O)cc(C(F)(F)F)n1. The molecule has 1 rings (SSSR count). The van der Waals surface area contributed by atoms with Crippen LogP contribution >= 0.6 is 0 Å². The molecule has 0 bridgehead atoms. The number of nitrogens with zero attached hydrogens (tertiary/aromatic N) is 3. The van der Waals surface area contributed by atoms with Gasteiger partial charge in [-0.1, -0.05) is 0 Å². The van der Waals surface area contributed by atoms with E-state index in [1.165, 1.54) is 0 Å². The van der Waals surface area contributed by atoms with Crippen molar-refractivity contribution in [2.75, 3.05) is 29.9 Å². The summed E-state index contributed by atoms with van der Waals surface area (Å²) >= 11 is 0. The lowest BCUT2D eigenvalue weighted by molar-refractivity contribution is -0.141. The molecular weight excluding hydrogens is 285 g/mol. The van der Waals surface area contributed by atoms with Gasteiger partial charge in [-0.15, -0.1) is 0 Å². The molecule has 8 heteroatoms. The van der Waals surface area contributed by atoms with Gasteiger partial charge in [0.25, 0.3) is 0 Å². The van der Waals surface area contributed by atoms with E-state index in [1.807, 2.05) is 0 Å². The van der Waals surface area contributed by atoms with E-state index < -0.39 is 17.5 Å². The second-order valence-electron chi connectivity index (χ2n) is 5.29. The summed E-state index contributed by atoms with van der Waals surface area (Å²) in [5.74, 6) is 0.0643. The van der Waals surface area contributed by atoms with Crippen molar-refractivity contribution in [3.8, 4) is 0 Å². The Morgan fingerprint density at radius 3 is 2.29 bits per heavy atom. The van der Waals surface area contributed by atoms with Gasteiger partial charge in [0.05, 0.1) is 5.60 Å². The normalized spacial score (nSPS) is 12.4. The van der Waals surface area contributed by atoms with Crippen LogP contribution < -0.4 is 10.2 Å². The van der Waals surface area contributed by atoms with Crippen LogP contribution in [0.15, 0.2) is 6.07 Å². The van der Waals surface area contributed by atoms with Crippen molar-refractivity contribution in [2.24, 2.45) is 0 Å². The van der Waals surface area contributed by atoms with Gasteiger partial charge in [-0.2, -0.15) is 18.2 Å². The third kappa shape index (κ3) is 5.37. The summed E-state index contributed by atoms with van der Waals surface area (Å²) in [6.07, 6.45) is -4.55. The topological polar surface area (TPSA) is 61.3 Å². The third-order valence-corrected chi connectivity index (χ3v) is 2.62. The second kappa shape index (κ2) is 6.46. The molecule has 120 valence electrons. The molecule has 0 aliphatic carbocycles. The number of likely N-dealkylation sites (N-methyl/N-ethyl adjacent to an activating group) is 1. The van der Waals surface area contributed by atoms with E-state index in [9.17, 15) is 18.3 Å². The summed E-state index contributed by atoms with van der Waals surface area (Å²) in [5.41, 5.74) is -2.05. The molecule has 0 atom stereocenters. The van der Waals surface area contributed by atoms with Gasteiger partial charge in [0.1, 0.15) is 5.82 Å². The van der Waals surface area contributed by atoms with Gasteiger partial charge in [-0.25, -0.2) is 4.98 Å². The van der Waals surface area contributed by atoms with E-state index in [4.69, 9.17) is 0 Å². The van der Waals surface area contributed by atoms with Crippen LogP contribution in [0.1, 0.15) is 33.4 Å². The molecule has 1 aromatic heterocycles. The molecule has 0 aliphatic heterocycles. The standard InChI is InChI=1S/C13H21F3N4O/c1-5-17-11-18-9(13(14,15)16)7-10(19-11)20(6-2)8-12(3,4)21/h7,21H,5-6,8H2,1-4H3,(H,17,18,19). The molecule has 0 spiro atoms. The number of rotatable bonds is 6. The maximum absolute atomic E-state index is 12.9. The van der Waals surface area contributed by atoms with Crippen molar-refractivity contribution < 1.29 is 18.3 Å². The van der Waals surface area contributed by atoms with Crippen molar-refractivity contribution in [3.63, 3.8) is 0 Å². The van der Waals surface area contributed by atoms with E-state index in [0.717, 1.165) is 6.07 Å². The number of anilines is 2. The molecule has 1 aromatic rings. The van der Waals surface area contributed by atoms with Crippen LogP contribution in [0, 0.1) is 0 Å². The molecule has 5 nitrogen and oxygen atoms in total. The maximum Gasteiger partial charge on any atom is 0.433 e. The predicted octanol–water partition coefficient (Wildman–Crippen LogP) is 2.52. The van der Waals surface area contributed by atoms with Gasteiger partial charge in [-0.05, 0) is 27.7 Å². The average molecular weight is 306 g/mol. The van der Waals surface area contributed by atoms with Crippen LogP contribution in [0.4, 0.5) is 24.9 Å². The Morgan fingerprint density at radius 2 is 1.86 bits per heavy atom. The minimum Gasteiger partial charge on any atom is -0.389 e. The average Bonchev–Trinajstić information content (AvgIpc) is 2.34. The quantitative estimate of drug-likeness (QED) is 0.845. The molecule has 0 saturated heterocycles. The van der Waals surface area contributed by atoms with Gasteiger partial charge in [0.2, 0.25) is 5.95 Å². The molecule has 2 N–H and O–H groups in total. The number of aromatic nitrogens is 2. The highest BCUT2D eigenvalue weighted by Gasteiger charge is 2.34. The monoisotopic (exact) mass is 306 g/mol. The summed E-state index contributed by atoms with van der Waals surface area (Å²) in [6, 6.07) is 0.899. The largest absolute Gasteiger partial charge is 0.433 e. The highest BCUT2D eigenvalue weighted by Crippen LogP contribution is 2.30. The van der Waals surface area contributed by atoms with Crippen molar-refractivity contribution in [3.05, 3.63) is 11.8 Å². The molecule has 21 heavy (non-hydrogen) atoms. The Balaban J connectivity index is 3.23. The Morgan fingerprint density at radius 1 is 1.24 bits per heavy atom. The van der Waals surface area contributed by atoms with Gasteiger partial charge >= 0.3 is 6.18 Å². The lowest BCUT2D eigenvalue weighted by Crippen LogP contribution is -2.39. The first-order valence-electron chi connectivity index (χ1n) is 6.74. The zero-order valence-corrected chi connectivity index (χ0v) is 12.6. The van der Waals surface area contributed by atoms with Crippen molar-refractivity contribution in [1.82, 2.24) is 9.97 Å². The summed E-state index contributed by atoms with van der Waals surface area (Å²) in [4.78, 5) is 9.14. The van der Waals surface area contributed by atoms with E-state index in [0.29, 0.717) is 13.1 Å². The molecule has 0 aromatic carbocycles. The van der Waals surface area contributed by atoms with Gasteiger partial charge in [0, 0.05) is 25.7 Å². The van der Waals surface area contributed by atoms with Gasteiger partial charge < -0.3 is 15.3 Å². The Hall–Kier alpha value is -1.57. The molecule has 0 fully saturated rings. The Bertz CT molecular complexity index is 471. The first-order valence-corrected chi connectivity index (χ1v) is 6.74. The number of alkyl halides is 3. The number of aliphatic hydroxyl groups is 1. The molecule has 0 amide bonds. The summed E-state index contributed by atoms with van der Waals surface area (Å²) in [6.45, 7) is 7.72. The van der Waals surface area contributed by atoms with Crippen LogP contribution in [0.2, 0.25) is 0 Å². The van der Waals surface area contributed by atoms with Crippen LogP contribution in [-0.4, -0.2) is 40.3 Å². The van der Waals surface area contributed by atoms with Gasteiger partial charge in [0.15, 0.2) is 5.69 Å². The first kappa shape index (κ1) is 17.5. The summed E-state index contributed by atoms with van der Waals surface area (Å²) in [7, 11) is 0. The van der Waals surface area contributed by atoms with Crippen LogP contribution in [0.3, 0.4) is 0 Å². The summed E-state index contributed by atoms with van der Waals surface area (Å²) in [5, 5.41) is 12.6. The first-order chi connectivity index (χ1) is 9.56. The van der Waals surface area contributed by atoms with E-state index in [-0.39, 0.29) is 18.3 Å². The lowest BCUT2D eigenvalue weighted by Gasteiger charge is -2.29. The molecular formula is C13H21F3N4O. The van der Waals surface area contributed by atoms with E-state index >= 15 is 0 Å². The number of nitrogens with one attached hydrogen (secondary N) is 1.